The number of thiocarbonyl (C=S) groups is 1. The minimum absolute atomic E-state index is 0.254. The lowest BCUT2D eigenvalue weighted by atomic mass is 10.3. The molecule has 0 amide bonds. The van der Waals surface area contributed by atoms with Crippen LogP contribution >= 0.6 is 23.8 Å². The van der Waals surface area contributed by atoms with E-state index in [4.69, 9.17) is 29.7 Å². The van der Waals surface area contributed by atoms with Crippen molar-refractivity contribution in [2.24, 2.45) is 5.84 Å². The number of hydrogen-bond donors (Lipinski definition) is 2. The van der Waals surface area contributed by atoms with Crippen molar-refractivity contribution in [1.82, 2.24) is 5.01 Å². The molecule has 1 aromatic carbocycles. The first-order chi connectivity index (χ1) is 7.79. The molecule has 0 heterocycles. The highest BCUT2D eigenvalue weighted by Gasteiger charge is 2.30. The summed E-state index contributed by atoms with van der Waals surface area (Å²) in [4.78, 5) is 0. The van der Waals surface area contributed by atoms with Crippen molar-refractivity contribution in [3.8, 4) is 0 Å². The molecule has 0 aromatic heterocycles. The smallest absolute Gasteiger partial charge is 0.330 e. The van der Waals surface area contributed by atoms with Crippen LogP contribution in [-0.2, 0) is 0 Å². The molecule has 3 N–H and O–H groups in total. The highest BCUT2D eigenvalue weighted by Crippen LogP contribution is 2.21. The highest BCUT2D eigenvalue weighted by atomic mass is 35.5. The molecule has 8 heteroatoms. The summed E-state index contributed by atoms with van der Waals surface area (Å²) in [6, 6.07) is 6.51. The van der Waals surface area contributed by atoms with Crippen LogP contribution in [-0.4, -0.2) is 22.8 Å². The maximum absolute atomic E-state index is 12.0. The van der Waals surface area contributed by atoms with E-state index in [1.54, 1.807) is 24.3 Å². The molecule has 1 aromatic rings. The first kappa shape index (κ1) is 14.0. The number of nitrogens with one attached hydrogen (secondary N) is 1. The summed E-state index contributed by atoms with van der Waals surface area (Å²) in [7, 11) is 0. The number of para-hydroxylation sites is 1. The van der Waals surface area contributed by atoms with Gasteiger partial charge in [-0.2, -0.15) is 13.2 Å². The Kier molecular flexibility index (Phi) is 4.55. The summed E-state index contributed by atoms with van der Waals surface area (Å²) in [5, 5.41) is 3.02. The Bertz CT molecular complexity index is 411. The Morgan fingerprint density at radius 3 is 2.53 bits per heavy atom. The minimum Gasteiger partial charge on any atom is -0.330 e. The highest BCUT2D eigenvalue weighted by molar-refractivity contribution is 7.80. The molecule has 0 bridgehead atoms. The molecule has 0 fully saturated rings. The summed E-state index contributed by atoms with van der Waals surface area (Å²) in [5.41, 5.74) is 0.400. The van der Waals surface area contributed by atoms with Crippen LogP contribution in [0.2, 0.25) is 5.02 Å². The molecule has 3 nitrogen and oxygen atoms in total. The second kappa shape index (κ2) is 5.52. The molecule has 0 spiro atoms. The number of alkyl halides is 3. The predicted molar refractivity (Wildman–Crippen MR) is 64.6 cm³/mol. The van der Waals surface area contributed by atoms with Gasteiger partial charge in [-0.05, 0) is 24.4 Å². The Balaban J connectivity index is 2.64. The van der Waals surface area contributed by atoms with Gasteiger partial charge in [-0.1, -0.05) is 23.7 Å². The number of nitrogens with two attached hydrogens (primary N) is 1. The molecule has 0 aliphatic heterocycles. The normalized spacial score (nSPS) is 11.1. The van der Waals surface area contributed by atoms with Crippen LogP contribution in [0.1, 0.15) is 0 Å². The number of benzene rings is 1. The third-order valence-electron chi connectivity index (χ3n) is 1.73. The van der Waals surface area contributed by atoms with Crippen molar-refractivity contribution < 1.29 is 13.2 Å². The van der Waals surface area contributed by atoms with E-state index in [0.29, 0.717) is 15.7 Å². The molecule has 94 valence electrons. The lowest BCUT2D eigenvalue weighted by molar-refractivity contribution is -0.137. The zero-order chi connectivity index (χ0) is 13.1. The van der Waals surface area contributed by atoms with E-state index >= 15 is 0 Å². The van der Waals surface area contributed by atoms with Crippen molar-refractivity contribution >= 4 is 34.6 Å². The van der Waals surface area contributed by atoms with Gasteiger partial charge in [-0.3, -0.25) is 5.01 Å². The maximum Gasteiger partial charge on any atom is 0.407 e. The van der Waals surface area contributed by atoms with Crippen molar-refractivity contribution in [3.63, 3.8) is 0 Å². The van der Waals surface area contributed by atoms with Gasteiger partial charge in [0.2, 0.25) is 0 Å². The fourth-order valence-electron chi connectivity index (χ4n) is 1.01. The summed E-state index contributed by atoms with van der Waals surface area (Å²) < 4.78 is 36.1. The first-order valence-corrected chi connectivity index (χ1v) is 5.23. The monoisotopic (exact) mass is 283 g/mol. The Labute approximate surface area is 106 Å². The first-order valence-electron chi connectivity index (χ1n) is 4.44. The summed E-state index contributed by atoms with van der Waals surface area (Å²) in [6.45, 7) is -1.33. The second-order valence-corrected chi connectivity index (χ2v) is 3.95. The van der Waals surface area contributed by atoms with Crippen LogP contribution in [0.4, 0.5) is 18.9 Å². The Hall–Kier alpha value is -1.05. The zero-order valence-electron chi connectivity index (χ0n) is 8.46. The van der Waals surface area contributed by atoms with Gasteiger partial charge in [0.1, 0.15) is 6.54 Å². The third-order valence-corrected chi connectivity index (χ3v) is 2.39. The van der Waals surface area contributed by atoms with Crippen molar-refractivity contribution in [3.05, 3.63) is 29.3 Å². The van der Waals surface area contributed by atoms with Gasteiger partial charge < -0.3 is 5.32 Å². The molecule has 0 aliphatic rings. The number of nitrogens with zero attached hydrogens (tertiary/aromatic N) is 1. The lowest BCUT2D eigenvalue weighted by Crippen LogP contribution is -2.45. The van der Waals surface area contributed by atoms with Crippen molar-refractivity contribution in [1.29, 1.82) is 0 Å². The minimum atomic E-state index is -4.42. The average molecular weight is 284 g/mol. The lowest BCUT2D eigenvalue weighted by Gasteiger charge is -2.21. The van der Waals surface area contributed by atoms with Gasteiger partial charge in [0.25, 0.3) is 0 Å². The average Bonchev–Trinajstić information content (AvgIpc) is 2.18. The van der Waals surface area contributed by atoms with Crippen molar-refractivity contribution in [2.45, 2.75) is 6.18 Å². The fourth-order valence-corrected chi connectivity index (χ4v) is 1.37. The molecule has 0 saturated heterocycles. The molecular formula is C9H9ClF3N3S. The van der Waals surface area contributed by atoms with E-state index in [1.807, 2.05) is 0 Å². The molecule has 0 saturated carbocycles. The number of halogens is 4. The number of rotatable bonds is 2. The molecule has 0 radical (unpaired) electrons. The van der Waals surface area contributed by atoms with Crippen LogP contribution in [0.3, 0.4) is 0 Å². The molecule has 1 rings (SSSR count). The molecule has 0 unspecified atom stereocenters. The van der Waals surface area contributed by atoms with Crippen LogP contribution in [0.25, 0.3) is 0 Å². The van der Waals surface area contributed by atoms with Crippen LogP contribution < -0.4 is 11.2 Å². The Morgan fingerprint density at radius 2 is 2.00 bits per heavy atom. The zero-order valence-corrected chi connectivity index (χ0v) is 10.0. The Morgan fingerprint density at radius 1 is 1.41 bits per heavy atom. The standard InChI is InChI=1S/C9H9ClF3N3S/c10-6-3-1-2-4-7(6)15-8(17)16(14)5-9(11,12)13/h1-4H,5,14H2,(H,15,17). The van der Waals surface area contributed by atoms with E-state index in [9.17, 15) is 13.2 Å². The quantitative estimate of drug-likeness (QED) is 0.497. The number of anilines is 1. The van der Waals surface area contributed by atoms with Gasteiger partial charge >= 0.3 is 6.18 Å². The van der Waals surface area contributed by atoms with Gasteiger partial charge in [0.05, 0.1) is 10.7 Å². The van der Waals surface area contributed by atoms with E-state index in [2.05, 4.69) is 5.32 Å². The molecular weight excluding hydrogens is 275 g/mol. The van der Waals surface area contributed by atoms with Crippen LogP contribution in [0.5, 0.6) is 0 Å². The van der Waals surface area contributed by atoms with Gasteiger partial charge in [-0.25, -0.2) is 5.84 Å². The predicted octanol–water partition coefficient (Wildman–Crippen LogP) is 2.77. The SMILES string of the molecule is NN(CC(F)(F)F)C(=S)Nc1ccccc1Cl. The summed E-state index contributed by atoms with van der Waals surface area (Å²) in [5.74, 6) is 5.17. The van der Waals surface area contributed by atoms with E-state index in [-0.39, 0.29) is 5.11 Å². The topological polar surface area (TPSA) is 41.3 Å². The van der Waals surface area contributed by atoms with Crippen molar-refractivity contribution in [2.75, 3.05) is 11.9 Å². The van der Waals surface area contributed by atoms with E-state index in [0.717, 1.165) is 0 Å². The van der Waals surface area contributed by atoms with Crippen LogP contribution in [0.15, 0.2) is 24.3 Å². The van der Waals surface area contributed by atoms with Crippen LogP contribution in [0, 0.1) is 0 Å². The summed E-state index contributed by atoms with van der Waals surface area (Å²) >= 11 is 10.5. The second-order valence-electron chi connectivity index (χ2n) is 3.15. The van der Waals surface area contributed by atoms with E-state index < -0.39 is 12.7 Å². The molecule has 0 aliphatic carbocycles. The summed E-state index contributed by atoms with van der Waals surface area (Å²) in [6.07, 6.45) is -4.42. The number of hydrazine groups is 1. The third kappa shape index (κ3) is 4.76. The molecule has 0 atom stereocenters. The number of hydrogen-bond acceptors (Lipinski definition) is 2. The van der Waals surface area contributed by atoms with Gasteiger partial charge in [-0.15, -0.1) is 0 Å². The largest absolute Gasteiger partial charge is 0.407 e. The van der Waals surface area contributed by atoms with Gasteiger partial charge in [0, 0.05) is 0 Å². The van der Waals surface area contributed by atoms with E-state index in [1.165, 1.54) is 0 Å². The fraction of sp³-hybridized carbons (Fsp3) is 0.222. The van der Waals surface area contributed by atoms with Gasteiger partial charge in [0.15, 0.2) is 5.11 Å². The maximum atomic E-state index is 12.0. The molecule has 17 heavy (non-hydrogen) atoms.